The molecule has 0 radical (unpaired) electrons. The van der Waals surface area contributed by atoms with Crippen LogP contribution in [0.15, 0.2) is 64.6 Å². The zero-order valence-electron chi connectivity index (χ0n) is 15.8. The molecule has 29 heavy (non-hydrogen) atoms. The number of nitrogens with one attached hydrogen (secondary N) is 1. The van der Waals surface area contributed by atoms with Crippen molar-refractivity contribution < 1.29 is 14.0 Å². The lowest BCUT2D eigenvalue weighted by Gasteiger charge is -2.08. The number of carbonyl (C=O) groups excluding carboxylic acids is 2. The Morgan fingerprint density at radius 1 is 1.10 bits per heavy atom. The molecule has 0 fully saturated rings. The first-order valence-electron chi connectivity index (χ1n) is 8.78. The molecule has 0 saturated heterocycles. The Kier molecular flexibility index (Phi) is 5.96. The van der Waals surface area contributed by atoms with Gasteiger partial charge < -0.3 is 9.73 Å². The highest BCUT2D eigenvalue weighted by molar-refractivity contribution is 6.31. The van der Waals surface area contributed by atoms with Gasteiger partial charge in [-0.15, -0.1) is 0 Å². The van der Waals surface area contributed by atoms with Crippen molar-refractivity contribution in [1.29, 1.82) is 5.26 Å². The number of hydrogen-bond donors (Lipinski definition) is 1. The lowest BCUT2D eigenvalue weighted by atomic mass is 10.1. The second kappa shape index (κ2) is 8.59. The molecule has 6 heteroatoms. The van der Waals surface area contributed by atoms with Crippen molar-refractivity contribution in [3.63, 3.8) is 0 Å². The van der Waals surface area contributed by atoms with Crippen LogP contribution in [0.2, 0.25) is 5.02 Å². The molecule has 5 nitrogen and oxygen atoms in total. The Balaban J connectivity index is 1.81. The summed E-state index contributed by atoms with van der Waals surface area (Å²) in [6.07, 6.45) is 1.38. The van der Waals surface area contributed by atoms with Gasteiger partial charge >= 0.3 is 0 Å². The third-order valence-corrected chi connectivity index (χ3v) is 4.78. The topological polar surface area (TPSA) is 83.1 Å². The SMILES string of the molecule is CC(=O)c1ccc(-c2ccc(/C=C(/C#N)C(=O)Nc3cccc(Cl)c3C)o2)cc1. The van der Waals surface area contributed by atoms with E-state index in [9.17, 15) is 14.9 Å². The highest BCUT2D eigenvalue weighted by Gasteiger charge is 2.13. The summed E-state index contributed by atoms with van der Waals surface area (Å²) < 4.78 is 5.73. The Morgan fingerprint density at radius 2 is 1.83 bits per heavy atom. The molecule has 3 rings (SSSR count). The van der Waals surface area contributed by atoms with Gasteiger partial charge in [0.15, 0.2) is 5.78 Å². The molecule has 0 saturated carbocycles. The van der Waals surface area contributed by atoms with E-state index in [-0.39, 0.29) is 11.4 Å². The van der Waals surface area contributed by atoms with E-state index < -0.39 is 5.91 Å². The average Bonchev–Trinajstić information content (AvgIpc) is 3.18. The van der Waals surface area contributed by atoms with E-state index in [2.05, 4.69) is 5.32 Å². The molecule has 1 amide bonds. The van der Waals surface area contributed by atoms with Crippen LogP contribution in [0.3, 0.4) is 0 Å². The number of anilines is 1. The Morgan fingerprint density at radius 3 is 2.48 bits per heavy atom. The van der Waals surface area contributed by atoms with Crippen LogP contribution in [0.4, 0.5) is 5.69 Å². The first-order valence-corrected chi connectivity index (χ1v) is 9.16. The summed E-state index contributed by atoms with van der Waals surface area (Å²) in [6, 6.07) is 17.5. The van der Waals surface area contributed by atoms with Gasteiger partial charge in [0.1, 0.15) is 23.2 Å². The third kappa shape index (κ3) is 4.63. The van der Waals surface area contributed by atoms with E-state index in [1.165, 1.54) is 13.0 Å². The smallest absolute Gasteiger partial charge is 0.266 e. The fourth-order valence-electron chi connectivity index (χ4n) is 2.68. The van der Waals surface area contributed by atoms with Crippen molar-refractivity contribution in [2.24, 2.45) is 0 Å². The fourth-order valence-corrected chi connectivity index (χ4v) is 2.85. The highest BCUT2D eigenvalue weighted by atomic mass is 35.5. The van der Waals surface area contributed by atoms with Crippen LogP contribution in [-0.2, 0) is 4.79 Å². The van der Waals surface area contributed by atoms with E-state index >= 15 is 0 Å². The predicted octanol–water partition coefficient (Wildman–Crippen LogP) is 5.66. The summed E-state index contributed by atoms with van der Waals surface area (Å²) in [6.45, 7) is 3.29. The molecular weight excluding hydrogens is 388 g/mol. The number of nitrogens with zero attached hydrogens (tertiary/aromatic N) is 1. The minimum absolute atomic E-state index is 0.0146. The number of benzene rings is 2. The lowest BCUT2D eigenvalue weighted by Crippen LogP contribution is -2.14. The maximum atomic E-state index is 12.5. The van der Waals surface area contributed by atoms with E-state index in [0.717, 1.165) is 5.56 Å². The number of furan rings is 1. The van der Waals surface area contributed by atoms with Gasteiger partial charge in [-0.05, 0) is 43.7 Å². The quantitative estimate of drug-likeness (QED) is 0.338. The number of nitriles is 1. The molecule has 1 heterocycles. The molecule has 2 aromatic carbocycles. The number of carbonyl (C=O) groups is 2. The van der Waals surface area contributed by atoms with Crippen LogP contribution in [0, 0.1) is 18.3 Å². The van der Waals surface area contributed by atoms with E-state index in [1.807, 2.05) is 6.07 Å². The van der Waals surface area contributed by atoms with Crippen molar-refractivity contribution in [1.82, 2.24) is 0 Å². The van der Waals surface area contributed by atoms with Crippen LogP contribution >= 0.6 is 11.6 Å². The Labute approximate surface area is 173 Å². The van der Waals surface area contributed by atoms with Crippen molar-refractivity contribution >= 4 is 35.1 Å². The average molecular weight is 405 g/mol. The molecular formula is C23H17ClN2O3. The molecule has 0 aliphatic heterocycles. The number of Topliss-reactive ketones (excluding diaryl/α,β-unsaturated/α-hetero) is 1. The van der Waals surface area contributed by atoms with Crippen molar-refractivity contribution in [2.75, 3.05) is 5.32 Å². The number of halogens is 1. The predicted molar refractivity (Wildman–Crippen MR) is 113 cm³/mol. The van der Waals surface area contributed by atoms with Gasteiger partial charge in [-0.25, -0.2) is 0 Å². The monoisotopic (exact) mass is 404 g/mol. The molecule has 144 valence electrons. The summed E-state index contributed by atoms with van der Waals surface area (Å²) in [5.74, 6) is 0.362. The van der Waals surface area contributed by atoms with E-state index in [0.29, 0.717) is 33.4 Å². The van der Waals surface area contributed by atoms with Crippen LogP contribution < -0.4 is 5.32 Å². The minimum atomic E-state index is -0.554. The second-order valence-electron chi connectivity index (χ2n) is 6.37. The van der Waals surface area contributed by atoms with Crippen LogP contribution in [0.25, 0.3) is 17.4 Å². The van der Waals surface area contributed by atoms with Crippen LogP contribution in [-0.4, -0.2) is 11.7 Å². The van der Waals surface area contributed by atoms with Gasteiger partial charge in [0.25, 0.3) is 5.91 Å². The molecule has 0 unspecified atom stereocenters. The number of ketones is 1. The van der Waals surface area contributed by atoms with Gasteiger partial charge in [0.2, 0.25) is 0 Å². The van der Waals surface area contributed by atoms with Crippen molar-refractivity contribution in [3.8, 4) is 17.4 Å². The van der Waals surface area contributed by atoms with Crippen LogP contribution in [0.1, 0.15) is 28.6 Å². The largest absolute Gasteiger partial charge is 0.457 e. The summed E-state index contributed by atoms with van der Waals surface area (Å²) in [7, 11) is 0. The zero-order valence-corrected chi connectivity index (χ0v) is 16.6. The van der Waals surface area contributed by atoms with E-state index in [1.54, 1.807) is 61.5 Å². The summed E-state index contributed by atoms with van der Waals surface area (Å²) in [5.41, 5.74) is 2.55. The van der Waals surface area contributed by atoms with Crippen molar-refractivity contribution in [2.45, 2.75) is 13.8 Å². The molecule has 1 aromatic heterocycles. The minimum Gasteiger partial charge on any atom is -0.457 e. The third-order valence-electron chi connectivity index (χ3n) is 4.37. The van der Waals surface area contributed by atoms with Gasteiger partial charge in [-0.3, -0.25) is 9.59 Å². The fraction of sp³-hybridized carbons (Fsp3) is 0.0870. The maximum absolute atomic E-state index is 12.5. The molecule has 0 spiro atoms. The molecule has 1 N–H and O–H groups in total. The standard InChI is InChI=1S/C23H17ClN2O3/c1-14-20(24)4-3-5-21(14)26-23(28)18(13-25)12-19-10-11-22(29-19)17-8-6-16(7-9-17)15(2)27/h3-12H,1-2H3,(H,26,28)/b18-12-. The molecule has 0 aliphatic carbocycles. The molecule has 0 bridgehead atoms. The Hall–Kier alpha value is -3.62. The molecule has 3 aromatic rings. The Bertz CT molecular complexity index is 1150. The van der Waals surface area contributed by atoms with Gasteiger partial charge in [-0.2, -0.15) is 5.26 Å². The summed E-state index contributed by atoms with van der Waals surface area (Å²) in [4.78, 5) is 23.9. The maximum Gasteiger partial charge on any atom is 0.266 e. The molecule has 0 atom stereocenters. The number of rotatable bonds is 5. The van der Waals surface area contributed by atoms with Gasteiger partial charge in [-0.1, -0.05) is 41.9 Å². The second-order valence-corrected chi connectivity index (χ2v) is 6.78. The van der Waals surface area contributed by atoms with E-state index in [4.69, 9.17) is 16.0 Å². The first kappa shape index (κ1) is 20.1. The van der Waals surface area contributed by atoms with Gasteiger partial charge in [0, 0.05) is 27.9 Å². The lowest BCUT2D eigenvalue weighted by molar-refractivity contribution is -0.112. The summed E-state index contributed by atoms with van der Waals surface area (Å²) >= 11 is 6.06. The van der Waals surface area contributed by atoms with Gasteiger partial charge in [0.05, 0.1) is 0 Å². The number of hydrogen-bond acceptors (Lipinski definition) is 4. The highest BCUT2D eigenvalue weighted by Crippen LogP contribution is 2.25. The van der Waals surface area contributed by atoms with Crippen LogP contribution in [0.5, 0.6) is 0 Å². The zero-order chi connectivity index (χ0) is 21.0. The number of amides is 1. The normalized spacial score (nSPS) is 11.0. The first-order chi connectivity index (χ1) is 13.9. The summed E-state index contributed by atoms with van der Waals surface area (Å²) in [5, 5.41) is 12.6. The molecule has 0 aliphatic rings. The van der Waals surface area contributed by atoms with Crippen molar-refractivity contribution in [3.05, 3.63) is 82.1 Å².